The Morgan fingerprint density at radius 2 is 1.94 bits per heavy atom. The molecule has 1 N–H and O–H groups in total. The summed E-state index contributed by atoms with van der Waals surface area (Å²) in [5, 5.41) is 3.28. The summed E-state index contributed by atoms with van der Waals surface area (Å²) in [6.07, 6.45) is 2.96. The number of rotatable bonds is 4. The lowest BCUT2D eigenvalue weighted by Crippen LogP contribution is -2.26. The predicted molar refractivity (Wildman–Crippen MR) is 58.4 cm³/mol. The lowest BCUT2D eigenvalue weighted by Gasteiger charge is -2.22. The summed E-state index contributed by atoms with van der Waals surface area (Å²) in [4.78, 5) is 7.88. The zero-order valence-electron chi connectivity index (χ0n) is 9.40. The number of hydrogen-bond donors (Lipinski definition) is 1. The van der Waals surface area contributed by atoms with Gasteiger partial charge in [0.05, 0.1) is 0 Å². The third-order valence-corrected chi connectivity index (χ3v) is 2.80. The van der Waals surface area contributed by atoms with Crippen molar-refractivity contribution in [3.63, 3.8) is 0 Å². The normalized spacial score (nSPS) is 17.4. The molecule has 6 heteroatoms. The summed E-state index contributed by atoms with van der Waals surface area (Å²) in [6, 6.07) is 0.0167. The first-order valence-electron chi connectivity index (χ1n) is 5.69. The van der Waals surface area contributed by atoms with Crippen LogP contribution in [0.25, 0.3) is 0 Å². The van der Waals surface area contributed by atoms with Gasteiger partial charge in [0.2, 0.25) is 0 Å². The first-order chi connectivity index (χ1) is 8.25. The summed E-state index contributed by atoms with van der Waals surface area (Å²) in [7, 11) is 0. The monoisotopic (exact) mass is 243 g/mol. The van der Waals surface area contributed by atoms with E-state index in [2.05, 4.69) is 15.3 Å². The summed E-state index contributed by atoms with van der Waals surface area (Å²) < 4.78 is 28.5. The lowest BCUT2D eigenvalue weighted by molar-refractivity contribution is 0.0769. The van der Waals surface area contributed by atoms with Gasteiger partial charge in [0.15, 0.2) is 6.61 Å². The minimum Gasteiger partial charge on any atom is -0.457 e. The van der Waals surface area contributed by atoms with Crippen molar-refractivity contribution >= 4 is 0 Å². The van der Waals surface area contributed by atoms with Gasteiger partial charge in [0.1, 0.15) is 0 Å². The number of piperidine rings is 1. The fourth-order valence-corrected chi connectivity index (χ4v) is 1.90. The van der Waals surface area contributed by atoms with E-state index in [0.29, 0.717) is 5.92 Å². The Morgan fingerprint density at radius 3 is 2.53 bits per heavy atom. The maximum Gasteiger partial charge on any atom is 0.316 e. The molecule has 0 aliphatic carbocycles. The quantitative estimate of drug-likeness (QED) is 0.872. The Labute approximate surface area is 98.4 Å². The van der Waals surface area contributed by atoms with E-state index in [9.17, 15) is 8.78 Å². The van der Waals surface area contributed by atoms with Crippen LogP contribution >= 0.6 is 0 Å². The van der Waals surface area contributed by atoms with Crippen LogP contribution in [-0.2, 0) is 0 Å². The number of ether oxygens (including phenoxy) is 1. The maximum absolute atomic E-state index is 11.9. The third kappa shape index (κ3) is 3.59. The molecule has 1 aromatic rings. The van der Waals surface area contributed by atoms with E-state index in [1.165, 1.54) is 0 Å². The number of nitrogens with one attached hydrogen (secondary N) is 1. The zero-order chi connectivity index (χ0) is 12.1. The van der Waals surface area contributed by atoms with Crippen LogP contribution < -0.4 is 10.1 Å². The second kappa shape index (κ2) is 5.86. The lowest BCUT2D eigenvalue weighted by atomic mass is 9.92. The van der Waals surface area contributed by atoms with E-state index >= 15 is 0 Å². The van der Waals surface area contributed by atoms with Crippen LogP contribution in [-0.4, -0.2) is 36.1 Å². The molecule has 0 unspecified atom stereocenters. The van der Waals surface area contributed by atoms with E-state index in [-0.39, 0.29) is 6.01 Å². The number of aromatic nitrogens is 2. The van der Waals surface area contributed by atoms with Gasteiger partial charge < -0.3 is 10.1 Å². The Kier molecular flexibility index (Phi) is 4.19. The molecule has 0 aromatic carbocycles. The van der Waals surface area contributed by atoms with Crippen LogP contribution in [0.1, 0.15) is 24.3 Å². The highest BCUT2D eigenvalue weighted by atomic mass is 19.3. The zero-order valence-corrected chi connectivity index (χ0v) is 9.40. The number of halogens is 2. The van der Waals surface area contributed by atoms with Crippen molar-refractivity contribution in [2.75, 3.05) is 19.7 Å². The highest BCUT2D eigenvalue weighted by Crippen LogP contribution is 2.24. The van der Waals surface area contributed by atoms with Crippen molar-refractivity contribution in [2.45, 2.75) is 25.2 Å². The average Bonchev–Trinajstić information content (AvgIpc) is 2.38. The van der Waals surface area contributed by atoms with Crippen LogP contribution in [0.4, 0.5) is 8.78 Å². The van der Waals surface area contributed by atoms with Crippen molar-refractivity contribution in [1.29, 1.82) is 0 Å². The van der Waals surface area contributed by atoms with E-state index in [1.54, 1.807) is 12.4 Å². The molecule has 94 valence electrons. The van der Waals surface area contributed by atoms with E-state index < -0.39 is 13.0 Å². The molecule has 0 amide bonds. The van der Waals surface area contributed by atoms with Gasteiger partial charge in [-0.25, -0.2) is 18.7 Å². The number of alkyl halides is 2. The smallest absolute Gasteiger partial charge is 0.316 e. The van der Waals surface area contributed by atoms with Crippen molar-refractivity contribution < 1.29 is 13.5 Å². The molecular formula is C11H15F2N3O. The highest BCUT2D eigenvalue weighted by molar-refractivity contribution is 5.14. The topological polar surface area (TPSA) is 47.0 Å². The summed E-state index contributed by atoms with van der Waals surface area (Å²) in [6.45, 7) is 1.33. The van der Waals surface area contributed by atoms with Gasteiger partial charge in [-0.2, -0.15) is 0 Å². The average molecular weight is 243 g/mol. The number of hydrogen-bond acceptors (Lipinski definition) is 4. The van der Waals surface area contributed by atoms with Gasteiger partial charge in [0.25, 0.3) is 6.43 Å². The minimum absolute atomic E-state index is 0.0167. The van der Waals surface area contributed by atoms with Crippen LogP contribution in [0.15, 0.2) is 12.4 Å². The number of nitrogens with zero attached hydrogens (tertiary/aromatic N) is 2. The predicted octanol–water partition coefficient (Wildman–Crippen LogP) is 1.59. The fraction of sp³-hybridized carbons (Fsp3) is 0.636. The molecule has 1 saturated heterocycles. The van der Waals surface area contributed by atoms with Crippen molar-refractivity contribution in [3.8, 4) is 6.01 Å². The van der Waals surface area contributed by atoms with Crippen LogP contribution in [0, 0.1) is 0 Å². The minimum atomic E-state index is -2.50. The molecule has 0 bridgehead atoms. The molecule has 17 heavy (non-hydrogen) atoms. The molecule has 0 atom stereocenters. The molecule has 0 spiro atoms. The Hall–Kier alpha value is -1.30. The molecule has 4 nitrogen and oxygen atoms in total. The van der Waals surface area contributed by atoms with Crippen molar-refractivity contribution in [2.24, 2.45) is 0 Å². The van der Waals surface area contributed by atoms with Gasteiger partial charge in [-0.05, 0) is 37.4 Å². The molecule has 0 saturated carbocycles. The Bertz CT molecular complexity index is 339. The second-order valence-corrected chi connectivity index (χ2v) is 4.03. The third-order valence-electron chi connectivity index (χ3n) is 2.80. The summed E-state index contributed by atoms with van der Waals surface area (Å²) in [5.74, 6) is 0.459. The van der Waals surface area contributed by atoms with Gasteiger partial charge >= 0.3 is 6.01 Å². The van der Waals surface area contributed by atoms with Crippen molar-refractivity contribution in [1.82, 2.24) is 15.3 Å². The molecule has 1 fully saturated rings. The molecule has 1 aromatic heterocycles. The molecule has 2 heterocycles. The second-order valence-electron chi connectivity index (χ2n) is 4.03. The molecule has 0 radical (unpaired) electrons. The largest absolute Gasteiger partial charge is 0.457 e. The Balaban J connectivity index is 1.92. The molecule has 1 aliphatic rings. The van der Waals surface area contributed by atoms with Crippen LogP contribution in [0.5, 0.6) is 6.01 Å². The SMILES string of the molecule is FC(F)COc1ncc(C2CCNCC2)cn1. The highest BCUT2D eigenvalue weighted by Gasteiger charge is 2.16. The first kappa shape index (κ1) is 12.2. The maximum atomic E-state index is 11.9. The first-order valence-corrected chi connectivity index (χ1v) is 5.69. The van der Waals surface area contributed by atoms with Gasteiger partial charge in [-0.15, -0.1) is 0 Å². The fourth-order valence-electron chi connectivity index (χ4n) is 1.90. The van der Waals surface area contributed by atoms with Gasteiger partial charge in [0, 0.05) is 12.4 Å². The van der Waals surface area contributed by atoms with E-state index in [1.807, 2.05) is 0 Å². The van der Waals surface area contributed by atoms with Crippen LogP contribution in [0.2, 0.25) is 0 Å². The van der Waals surface area contributed by atoms with Gasteiger partial charge in [-0.3, -0.25) is 0 Å². The van der Waals surface area contributed by atoms with Gasteiger partial charge in [-0.1, -0.05) is 0 Å². The van der Waals surface area contributed by atoms with E-state index in [4.69, 9.17) is 4.74 Å². The van der Waals surface area contributed by atoms with Crippen LogP contribution in [0.3, 0.4) is 0 Å². The molecule has 2 rings (SSSR count). The Morgan fingerprint density at radius 1 is 1.29 bits per heavy atom. The summed E-state index contributed by atoms with van der Waals surface area (Å²) in [5.41, 5.74) is 1.05. The standard InChI is InChI=1S/C11H15F2N3O/c12-10(13)7-17-11-15-5-9(6-16-11)8-1-3-14-4-2-8/h5-6,8,10,14H,1-4,7H2. The molecule has 1 aliphatic heterocycles. The molecular weight excluding hydrogens is 228 g/mol. The van der Waals surface area contributed by atoms with E-state index in [0.717, 1.165) is 31.5 Å². The van der Waals surface area contributed by atoms with Crippen molar-refractivity contribution in [3.05, 3.63) is 18.0 Å². The summed E-state index contributed by atoms with van der Waals surface area (Å²) >= 11 is 0.